The molecular formula is C17H22ClN3O5. The summed E-state index contributed by atoms with van der Waals surface area (Å²) in [5.74, 6) is -0.994. The van der Waals surface area contributed by atoms with Crippen molar-refractivity contribution in [3.05, 3.63) is 28.8 Å². The third-order valence-corrected chi connectivity index (χ3v) is 4.26. The second kappa shape index (κ2) is 9.28. The van der Waals surface area contributed by atoms with Gasteiger partial charge in [0.15, 0.2) is 0 Å². The maximum absolute atomic E-state index is 12.3. The molecular weight excluding hydrogens is 362 g/mol. The van der Waals surface area contributed by atoms with Crippen molar-refractivity contribution in [1.29, 1.82) is 0 Å². The summed E-state index contributed by atoms with van der Waals surface area (Å²) in [6.07, 6.45) is 0.878. The number of hydrogen-bond acceptors (Lipinski definition) is 5. The third kappa shape index (κ3) is 5.01. The summed E-state index contributed by atoms with van der Waals surface area (Å²) in [4.78, 5) is 37.9. The molecule has 1 aromatic carbocycles. The van der Waals surface area contributed by atoms with E-state index in [4.69, 9.17) is 21.1 Å². The molecule has 1 heterocycles. The molecule has 26 heavy (non-hydrogen) atoms. The van der Waals surface area contributed by atoms with Gasteiger partial charge in [-0.05, 0) is 38.0 Å². The molecule has 3 amide bonds. The number of hydrogen-bond donors (Lipinski definition) is 2. The maximum atomic E-state index is 12.3. The van der Waals surface area contributed by atoms with Crippen LogP contribution < -0.4 is 15.6 Å². The van der Waals surface area contributed by atoms with Gasteiger partial charge in [-0.15, -0.1) is 0 Å². The molecule has 1 aromatic rings. The van der Waals surface area contributed by atoms with Crippen LogP contribution in [0.25, 0.3) is 0 Å². The Hall–Kier alpha value is -2.48. The zero-order valence-electron chi connectivity index (χ0n) is 14.7. The second-order valence-electron chi connectivity index (χ2n) is 5.77. The minimum atomic E-state index is -0.546. The fourth-order valence-electron chi connectivity index (χ4n) is 2.72. The molecule has 8 nitrogen and oxygen atoms in total. The molecule has 2 rings (SSSR count). The van der Waals surface area contributed by atoms with Crippen molar-refractivity contribution < 1.29 is 23.9 Å². The fraction of sp³-hybridized carbons (Fsp3) is 0.471. The van der Waals surface area contributed by atoms with Gasteiger partial charge in [0.25, 0.3) is 5.91 Å². The summed E-state index contributed by atoms with van der Waals surface area (Å²) in [5.41, 5.74) is 4.96. The topological polar surface area (TPSA) is 97.0 Å². The summed E-state index contributed by atoms with van der Waals surface area (Å²) < 4.78 is 10.1. The van der Waals surface area contributed by atoms with Crippen LogP contribution in [0.3, 0.4) is 0 Å². The third-order valence-electron chi connectivity index (χ3n) is 4.02. The monoisotopic (exact) mass is 383 g/mol. The van der Waals surface area contributed by atoms with Gasteiger partial charge in [-0.2, -0.15) is 0 Å². The Kier molecular flexibility index (Phi) is 7.08. The minimum absolute atomic E-state index is 0.206. The van der Waals surface area contributed by atoms with E-state index in [9.17, 15) is 14.4 Å². The van der Waals surface area contributed by atoms with Crippen molar-refractivity contribution in [2.45, 2.75) is 19.8 Å². The number of rotatable bonds is 4. The van der Waals surface area contributed by atoms with Gasteiger partial charge in [0, 0.05) is 18.1 Å². The molecule has 0 radical (unpaired) electrons. The number of nitrogens with zero attached hydrogens (tertiary/aromatic N) is 1. The standard InChI is InChI=1S/C17H22ClN3O5/c1-3-26-17(24)21-8-4-5-11(10-21)15(22)19-20-16(23)13-9-12(18)6-7-14(13)25-2/h6-7,9,11H,3-5,8,10H2,1-2H3,(H,19,22)(H,20,23)/t11-/m1/s1. The lowest BCUT2D eigenvalue weighted by atomic mass is 9.98. The molecule has 1 fully saturated rings. The minimum Gasteiger partial charge on any atom is -0.496 e. The van der Waals surface area contributed by atoms with Crippen LogP contribution in [0.1, 0.15) is 30.1 Å². The number of hydrazine groups is 1. The van der Waals surface area contributed by atoms with Crippen LogP contribution in [0.15, 0.2) is 18.2 Å². The average molecular weight is 384 g/mol. The van der Waals surface area contributed by atoms with Gasteiger partial charge in [0.1, 0.15) is 5.75 Å². The van der Waals surface area contributed by atoms with Crippen molar-refractivity contribution >= 4 is 29.5 Å². The lowest BCUT2D eigenvalue weighted by Gasteiger charge is -2.31. The Morgan fingerprint density at radius 1 is 1.31 bits per heavy atom. The first kappa shape index (κ1) is 19.8. The predicted octanol–water partition coefficient (Wildman–Crippen LogP) is 1.98. The molecule has 1 atom stereocenters. The van der Waals surface area contributed by atoms with Crippen LogP contribution in [-0.4, -0.2) is 49.6 Å². The van der Waals surface area contributed by atoms with E-state index in [0.717, 1.165) is 0 Å². The van der Waals surface area contributed by atoms with Gasteiger partial charge < -0.3 is 14.4 Å². The van der Waals surface area contributed by atoms with Crippen molar-refractivity contribution in [3.8, 4) is 5.75 Å². The molecule has 1 saturated heterocycles. The van der Waals surface area contributed by atoms with E-state index in [1.54, 1.807) is 19.1 Å². The number of methoxy groups -OCH3 is 1. The number of carbonyl (C=O) groups excluding carboxylic acids is 3. The highest BCUT2D eigenvalue weighted by atomic mass is 35.5. The van der Waals surface area contributed by atoms with Crippen LogP contribution in [0.5, 0.6) is 5.75 Å². The molecule has 2 N–H and O–H groups in total. The van der Waals surface area contributed by atoms with E-state index in [1.807, 2.05) is 0 Å². The van der Waals surface area contributed by atoms with Crippen LogP contribution in [0, 0.1) is 5.92 Å². The number of nitrogens with one attached hydrogen (secondary N) is 2. The maximum Gasteiger partial charge on any atom is 0.409 e. The van der Waals surface area contributed by atoms with E-state index in [0.29, 0.717) is 30.2 Å². The largest absolute Gasteiger partial charge is 0.496 e. The SMILES string of the molecule is CCOC(=O)N1CCC[C@@H](C(=O)NNC(=O)c2cc(Cl)ccc2OC)C1. The van der Waals surface area contributed by atoms with Gasteiger partial charge >= 0.3 is 6.09 Å². The normalized spacial score (nSPS) is 16.6. The van der Waals surface area contributed by atoms with E-state index in [1.165, 1.54) is 18.1 Å². The molecule has 0 aromatic heterocycles. The highest BCUT2D eigenvalue weighted by Gasteiger charge is 2.29. The summed E-state index contributed by atoms with van der Waals surface area (Å²) in [5, 5.41) is 0.375. The number of carbonyl (C=O) groups is 3. The zero-order chi connectivity index (χ0) is 19.1. The highest BCUT2D eigenvalue weighted by Crippen LogP contribution is 2.22. The number of ether oxygens (including phenoxy) is 2. The molecule has 1 aliphatic rings. The number of piperidine rings is 1. The van der Waals surface area contributed by atoms with E-state index in [-0.39, 0.29) is 24.6 Å². The molecule has 142 valence electrons. The number of benzene rings is 1. The van der Waals surface area contributed by atoms with Gasteiger partial charge in [0.05, 0.1) is 25.2 Å². The Morgan fingerprint density at radius 3 is 2.77 bits per heavy atom. The quantitative estimate of drug-likeness (QED) is 0.775. The van der Waals surface area contributed by atoms with E-state index >= 15 is 0 Å². The lowest BCUT2D eigenvalue weighted by Crippen LogP contribution is -2.50. The summed E-state index contributed by atoms with van der Waals surface area (Å²) in [6, 6.07) is 4.62. The number of halogens is 1. The second-order valence-corrected chi connectivity index (χ2v) is 6.21. The zero-order valence-corrected chi connectivity index (χ0v) is 15.5. The Bertz CT molecular complexity index is 682. The van der Waals surface area contributed by atoms with Gasteiger partial charge in [-0.1, -0.05) is 11.6 Å². The molecule has 0 saturated carbocycles. The average Bonchev–Trinajstić information content (AvgIpc) is 2.66. The van der Waals surface area contributed by atoms with Gasteiger partial charge in [-0.25, -0.2) is 4.79 Å². The van der Waals surface area contributed by atoms with Crippen LogP contribution in [-0.2, 0) is 9.53 Å². The summed E-state index contributed by atoms with van der Waals surface area (Å²) in [6.45, 7) is 2.81. The Labute approximate surface area is 156 Å². The molecule has 0 aliphatic carbocycles. The molecule has 9 heteroatoms. The molecule has 0 unspecified atom stereocenters. The Morgan fingerprint density at radius 2 is 2.08 bits per heavy atom. The first-order valence-corrected chi connectivity index (χ1v) is 8.69. The van der Waals surface area contributed by atoms with Crippen LogP contribution >= 0.6 is 11.6 Å². The van der Waals surface area contributed by atoms with Gasteiger partial charge in [-0.3, -0.25) is 20.4 Å². The first-order chi connectivity index (χ1) is 12.5. The highest BCUT2D eigenvalue weighted by molar-refractivity contribution is 6.31. The predicted molar refractivity (Wildman–Crippen MR) is 94.9 cm³/mol. The van der Waals surface area contributed by atoms with Crippen LogP contribution in [0.2, 0.25) is 5.02 Å². The van der Waals surface area contributed by atoms with Crippen molar-refractivity contribution in [1.82, 2.24) is 15.8 Å². The molecule has 0 bridgehead atoms. The van der Waals surface area contributed by atoms with Crippen molar-refractivity contribution in [2.24, 2.45) is 5.92 Å². The summed E-state index contributed by atoms with van der Waals surface area (Å²) in [7, 11) is 1.44. The van der Waals surface area contributed by atoms with E-state index in [2.05, 4.69) is 10.9 Å². The lowest BCUT2D eigenvalue weighted by molar-refractivity contribution is -0.127. The van der Waals surface area contributed by atoms with Gasteiger partial charge in [0.2, 0.25) is 5.91 Å². The number of likely N-dealkylation sites (tertiary alicyclic amines) is 1. The van der Waals surface area contributed by atoms with Crippen LogP contribution in [0.4, 0.5) is 4.79 Å². The molecule has 1 aliphatic heterocycles. The van der Waals surface area contributed by atoms with E-state index < -0.39 is 17.9 Å². The smallest absolute Gasteiger partial charge is 0.409 e. The molecule has 0 spiro atoms. The Balaban J connectivity index is 1.93. The fourth-order valence-corrected chi connectivity index (χ4v) is 2.89. The van der Waals surface area contributed by atoms with Crippen molar-refractivity contribution in [3.63, 3.8) is 0 Å². The van der Waals surface area contributed by atoms with Crippen molar-refractivity contribution in [2.75, 3.05) is 26.8 Å². The summed E-state index contributed by atoms with van der Waals surface area (Å²) >= 11 is 5.90. The first-order valence-electron chi connectivity index (χ1n) is 8.31. The number of amides is 3.